The molecule has 0 aromatic heterocycles. The molecule has 8 heteroatoms. The van der Waals surface area contributed by atoms with Crippen LogP contribution in [0.5, 0.6) is 11.5 Å². The lowest BCUT2D eigenvalue weighted by atomic mass is 10.1. The van der Waals surface area contributed by atoms with E-state index in [9.17, 15) is 4.79 Å². The Morgan fingerprint density at radius 3 is 2.64 bits per heavy atom. The quantitative estimate of drug-likeness (QED) is 0.527. The zero-order valence-corrected chi connectivity index (χ0v) is 17.6. The highest BCUT2D eigenvalue weighted by molar-refractivity contribution is 7.80. The summed E-state index contributed by atoms with van der Waals surface area (Å²) in [5.74, 6) is 0.715. The number of nitrogens with zero attached hydrogens (tertiary/aromatic N) is 1. The molecule has 0 radical (unpaired) electrons. The molecule has 2 aromatic rings. The third-order valence-electron chi connectivity index (χ3n) is 4.10. The Labute approximate surface area is 178 Å². The fourth-order valence-electron chi connectivity index (χ4n) is 2.81. The molecule has 0 spiro atoms. The molecule has 28 heavy (non-hydrogen) atoms. The summed E-state index contributed by atoms with van der Waals surface area (Å²) in [5, 5.41) is 4.24. The second-order valence-electron chi connectivity index (χ2n) is 5.94. The highest BCUT2D eigenvalue weighted by atomic mass is 35.5. The second-order valence-corrected chi connectivity index (χ2v) is 7.14. The van der Waals surface area contributed by atoms with Gasteiger partial charge in [-0.15, -0.1) is 0 Å². The van der Waals surface area contributed by atoms with Crippen LogP contribution in [0.15, 0.2) is 42.1 Å². The maximum absolute atomic E-state index is 12.8. The molecule has 0 bridgehead atoms. The zero-order chi connectivity index (χ0) is 20.3. The number of thiocarbonyl (C=S) groups is 1. The minimum absolute atomic E-state index is 0.241. The fraction of sp³-hybridized carbons (Fsp3) is 0.200. The van der Waals surface area contributed by atoms with E-state index in [-0.39, 0.29) is 12.5 Å². The van der Waals surface area contributed by atoms with Crippen molar-refractivity contribution in [2.45, 2.75) is 13.5 Å². The van der Waals surface area contributed by atoms with Crippen LogP contribution in [-0.4, -0.2) is 29.6 Å². The average Bonchev–Trinajstić information content (AvgIpc) is 2.91. The Morgan fingerprint density at radius 2 is 1.96 bits per heavy atom. The second kappa shape index (κ2) is 8.82. The number of ether oxygens (including phenoxy) is 2. The van der Waals surface area contributed by atoms with Gasteiger partial charge in [0.25, 0.3) is 5.91 Å². The van der Waals surface area contributed by atoms with Gasteiger partial charge < -0.3 is 14.8 Å². The summed E-state index contributed by atoms with van der Waals surface area (Å²) in [7, 11) is 1.52. The van der Waals surface area contributed by atoms with E-state index in [2.05, 4.69) is 5.32 Å². The molecule has 1 amide bonds. The van der Waals surface area contributed by atoms with Crippen LogP contribution in [0.25, 0.3) is 6.08 Å². The highest BCUT2D eigenvalue weighted by Gasteiger charge is 2.31. The van der Waals surface area contributed by atoms with Crippen molar-refractivity contribution in [2.75, 3.05) is 13.7 Å². The van der Waals surface area contributed by atoms with Crippen molar-refractivity contribution in [3.8, 4) is 11.5 Å². The Balaban J connectivity index is 1.88. The number of carbonyl (C=O) groups is 1. The van der Waals surface area contributed by atoms with Gasteiger partial charge in [0.15, 0.2) is 16.6 Å². The van der Waals surface area contributed by atoms with Crippen molar-refractivity contribution < 1.29 is 14.3 Å². The zero-order valence-electron chi connectivity index (χ0n) is 15.3. The summed E-state index contributed by atoms with van der Waals surface area (Å²) in [6.07, 6.45) is 1.68. The molecule has 1 heterocycles. The first-order valence-corrected chi connectivity index (χ1v) is 9.69. The van der Waals surface area contributed by atoms with Gasteiger partial charge in [-0.1, -0.05) is 41.4 Å². The van der Waals surface area contributed by atoms with Gasteiger partial charge in [0.2, 0.25) is 0 Å². The molecule has 1 saturated heterocycles. The van der Waals surface area contributed by atoms with Crippen LogP contribution in [-0.2, 0) is 11.3 Å². The number of carbonyl (C=O) groups excluding carboxylic acids is 1. The van der Waals surface area contributed by atoms with Gasteiger partial charge in [0.1, 0.15) is 5.70 Å². The predicted octanol–water partition coefficient (Wildman–Crippen LogP) is 4.66. The van der Waals surface area contributed by atoms with Gasteiger partial charge in [-0.05, 0) is 54.5 Å². The summed E-state index contributed by atoms with van der Waals surface area (Å²) in [6, 6.07) is 10.8. The van der Waals surface area contributed by atoms with Crippen molar-refractivity contribution in [3.63, 3.8) is 0 Å². The molecule has 0 saturated carbocycles. The Morgan fingerprint density at radius 1 is 1.21 bits per heavy atom. The number of nitrogens with one attached hydrogen (secondary N) is 1. The smallest absolute Gasteiger partial charge is 0.276 e. The lowest BCUT2D eigenvalue weighted by Gasteiger charge is -2.14. The van der Waals surface area contributed by atoms with Gasteiger partial charge in [-0.25, -0.2) is 0 Å². The summed E-state index contributed by atoms with van der Waals surface area (Å²) >= 11 is 17.8. The van der Waals surface area contributed by atoms with E-state index in [0.717, 1.165) is 5.56 Å². The van der Waals surface area contributed by atoms with E-state index in [0.29, 0.717) is 44.5 Å². The van der Waals surface area contributed by atoms with Crippen LogP contribution in [0, 0.1) is 0 Å². The lowest BCUT2D eigenvalue weighted by Crippen LogP contribution is -2.30. The normalized spacial score (nSPS) is 15.1. The first-order chi connectivity index (χ1) is 13.4. The number of halogens is 2. The molecule has 146 valence electrons. The number of benzene rings is 2. The molecule has 0 aliphatic carbocycles. The molecule has 3 rings (SSSR count). The summed E-state index contributed by atoms with van der Waals surface area (Å²) in [4.78, 5) is 14.3. The third kappa shape index (κ3) is 4.24. The molecular formula is C20H18Cl2N2O3S. The largest absolute Gasteiger partial charge is 0.491 e. The van der Waals surface area contributed by atoms with Crippen LogP contribution >= 0.6 is 35.4 Å². The topological polar surface area (TPSA) is 50.8 Å². The summed E-state index contributed by atoms with van der Waals surface area (Å²) in [5.41, 5.74) is 1.85. The Hall–Kier alpha value is -2.28. The molecule has 1 fully saturated rings. The molecule has 0 atom stereocenters. The standard InChI is InChI=1S/C20H18Cl2N2O3S/c1-3-27-17-10-12(8-15(22)18(17)26-2)9-16-19(25)24(20(28)23-16)11-13-6-4-5-7-14(13)21/h4-10H,3,11H2,1-2H3,(H,23,28)/b16-9+. The van der Waals surface area contributed by atoms with Crippen molar-refractivity contribution in [2.24, 2.45) is 0 Å². The van der Waals surface area contributed by atoms with Crippen LogP contribution in [0.4, 0.5) is 0 Å². The molecule has 1 aliphatic rings. The number of methoxy groups -OCH3 is 1. The van der Waals surface area contributed by atoms with E-state index >= 15 is 0 Å². The lowest BCUT2D eigenvalue weighted by molar-refractivity contribution is -0.122. The monoisotopic (exact) mass is 436 g/mol. The van der Waals surface area contributed by atoms with Gasteiger partial charge in [-0.3, -0.25) is 9.69 Å². The molecule has 5 nitrogen and oxygen atoms in total. The first-order valence-electron chi connectivity index (χ1n) is 8.52. The Bertz CT molecular complexity index is 962. The SMILES string of the molecule is CCOc1cc(/C=C2/NC(=S)N(Cc3ccccc3Cl)C2=O)cc(Cl)c1OC. The van der Waals surface area contributed by atoms with Crippen molar-refractivity contribution >= 4 is 52.5 Å². The van der Waals surface area contributed by atoms with E-state index in [4.69, 9.17) is 44.9 Å². The number of hydrogen-bond acceptors (Lipinski definition) is 4. The summed E-state index contributed by atoms with van der Waals surface area (Å²) < 4.78 is 10.9. The van der Waals surface area contributed by atoms with E-state index < -0.39 is 0 Å². The van der Waals surface area contributed by atoms with E-state index in [1.165, 1.54) is 12.0 Å². The maximum atomic E-state index is 12.8. The number of amides is 1. The molecule has 1 N–H and O–H groups in total. The molecule has 0 unspecified atom stereocenters. The molecule has 2 aromatic carbocycles. The van der Waals surface area contributed by atoms with E-state index in [1.807, 2.05) is 25.1 Å². The number of hydrogen-bond donors (Lipinski definition) is 1. The van der Waals surface area contributed by atoms with Gasteiger partial charge >= 0.3 is 0 Å². The Kier molecular flexibility index (Phi) is 6.44. The molecular weight excluding hydrogens is 419 g/mol. The third-order valence-corrected chi connectivity index (χ3v) is 5.07. The van der Waals surface area contributed by atoms with Crippen LogP contribution in [0.2, 0.25) is 10.0 Å². The minimum Gasteiger partial charge on any atom is -0.491 e. The van der Waals surface area contributed by atoms with Crippen molar-refractivity contribution in [3.05, 3.63) is 63.3 Å². The van der Waals surface area contributed by atoms with Crippen LogP contribution in [0.3, 0.4) is 0 Å². The van der Waals surface area contributed by atoms with Crippen molar-refractivity contribution in [1.29, 1.82) is 0 Å². The first kappa shape index (κ1) is 20.5. The maximum Gasteiger partial charge on any atom is 0.276 e. The summed E-state index contributed by atoms with van der Waals surface area (Å²) in [6.45, 7) is 2.61. The average molecular weight is 437 g/mol. The number of rotatable bonds is 6. The van der Waals surface area contributed by atoms with E-state index in [1.54, 1.807) is 24.3 Å². The van der Waals surface area contributed by atoms with Crippen LogP contribution < -0.4 is 14.8 Å². The minimum atomic E-state index is -0.241. The van der Waals surface area contributed by atoms with Gasteiger partial charge in [0, 0.05) is 5.02 Å². The predicted molar refractivity (Wildman–Crippen MR) is 115 cm³/mol. The molecule has 1 aliphatic heterocycles. The fourth-order valence-corrected chi connectivity index (χ4v) is 3.56. The van der Waals surface area contributed by atoms with Crippen LogP contribution in [0.1, 0.15) is 18.1 Å². The van der Waals surface area contributed by atoms with Gasteiger partial charge in [0.05, 0.1) is 25.3 Å². The highest BCUT2D eigenvalue weighted by Crippen LogP contribution is 2.37. The van der Waals surface area contributed by atoms with Gasteiger partial charge in [-0.2, -0.15) is 0 Å². The van der Waals surface area contributed by atoms with Crippen molar-refractivity contribution in [1.82, 2.24) is 10.2 Å².